The Morgan fingerprint density at radius 3 is 2.97 bits per heavy atom. The fraction of sp³-hybridized carbons (Fsp3) is 0.200. The van der Waals surface area contributed by atoms with E-state index in [0.717, 1.165) is 0 Å². The number of furan rings is 1. The minimum absolute atomic E-state index is 0.0348. The number of hydrogen-bond donors (Lipinski definition) is 2. The van der Waals surface area contributed by atoms with Crippen molar-refractivity contribution in [2.45, 2.75) is 18.0 Å². The van der Waals surface area contributed by atoms with E-state index < -0.39 is 29.2 Å². The van der Waals surface area contributed by atoms with Crippen molar-refractivity contribution in [2.24, 2.45) is 0 Å². The van der Waals surface area contributed by atoms with Crippen LogP contribution in [-0.2, 0) is 16.2 Å². The molecule has 0 unspecified atom stereocenters. The maximum atomic E-state index is 12.5. The summed E-state index contributed by atoms with van der Waals surface area (Å²) in [6, 6.07) is 5.75. The monoisotopic (exact) mass is 427 g/mol. The van der Waals surface area contributed by atoms with Gasteiger partial charge in [0.25, 0.3) is 11.8 Å². The average Bonchev–Trinajstić information content (AvgIpc) is 3.24. The van der Waals surface area contributed by atoms with Crippen LogP contribution < -0.4 is 10.1 Å². The topological polar surface area (TPSA) is 122 Å². The van der Waals surface area contributed by atoms with Gasteiger partial charge in [-0.15, -0.1) is 11.8 Å². The normalized spacial score (nSPS) is 20.3. The van der Waals surface area contributed by atoms with Gasteiger partial charge < -0.3 is 19.6 Å². The molecule has 0 aromatic carbocycles. The molecule has 4 heterocycles. The number of amides is 2. The van der Waals surface area contributed by atoms with E-state index in [1.165, 1.54) is 28.8 Å². The van der Waals surface area contributed by atoms with Crippen LogP contribution in [0.4, 0.5) is 0 Å². The van der Waals surface area contributed by atoms with Crippen LogP contribution in [0.1, 0.15) is 16.3 Å². The summed E-state index contributed by atoms with van der Waals surface area (Å²) in [5.41, 5.74) is 0.392. The first-order valence-corrected chi connectivity index (χ1v) is 10.0. The zero-order valence-corrected chi connectivity index (χ0v) is 16.4. The Balaban J connectivity index is 1.39. The fourth-order valence-electron chi connectivity index (χ4n) is 3.18. The lowest BCUT2D eigenvalue weighted by molar-refractivity contribution is -0.148. The van der Waals surface area contributed by atoms with Gasteiger partial charge in [-0.05, 0) is 29.8 Å². The molecule has 30 heavy (non-hydrogen) atoms. The standard InChI is InChI=1S/C20H17N3O6S/c1-2-11-10-30-19-15(18(25)23(19)16(11)20(26)27)22-17(24)14-6-5-13(29-14)9-28-12-4-3-7-21-8-12/h2-8,15,19H,1,9-10H2,(H,22,24)(H,26,27)/t15-,19-/m1/s1. The molecule has 2 aromatic heterocycles. The molecule has 0 radical (unpaired) electrons. The quantitative estimate of drug-likeness (QED) is 0.642. The van der Waals surface area contributed by atoms with Crippen molar-refractivity contribution in [3.05, 3.63) is 72.1 Å². The number of nitrogens with zero attached hydrogens (tertiary/aromatic N) is 2. The first kappa shape index (κ1) is 19.8. The Kier molecular flexibility index (Phi) is 5.32. The van der Waals surface area contributed by atoms with Crippen LogP contribution in [-0.4, -0.2) is 49.9 Å². The Bertz CT molecular complexity index is 1050. The minimum Gasteiger partial charge on any atom is -0.484 e. The molecule has 0 aliphatic carbocycles. The predicted molar refractivity (Wildman–Crippen MR) is 106 cm³/mol. The molecule has 4 rings (SSSR count). The fourth-order valence-corrected chi connectivity index (χ4v) is 4.52. The number of aliphatic carboxylic acids is 1. The molecule has 2 aromatic rings. The number of thioether (sulfide) groups is 1. The molecule has 10 heteroatoms. The summed E-state index contributed by atoms with van der Waals surface area (Å²) >= 11 is 1.37. The number of carbonyl (C=O) groups excluding carboxylic acids is 2. The summed E-state index contributed by atoms with van der Waals surface area (Å²) in [5, 5.41) is 11.6. The van der Waals surface area contributed by atoms with E-state index in [9.17, 15) is 19.5 Å². The molecule has 9 nitrogen and oxygen atoms in total. The number of fused-ring (bicyclic) bond motifs is 1. The van der Waals surface area contributed by atoms with E-state index in [4.69, 9.17) is 9.15 Å². The van der Waals surface area contributed by atoms with Crippen LogP contribution in [0.2, 0.25) is 0 Å². The first-order valence-electron chi connectivity index (χ1n) is 8.95. The second-order valence-electron chi connectivity index (χ2n) is 6.49. The Labute approximate surface area is 175 Å². The highest BCUT2D eigenvalue weighted by Gasteiger charge is 2.54. The summed E-state index contributed by atoms with van der Waals surface area (Å²) < 4.78 is 11.0. The van der Waals surface area contributed by atoms with Crippen molar-refractivity contribution >= 4 is 29.5 Å². The van der Waals surface area contributed by atoms with Gasteiger partial charge in [0.15, 0.2) is 5.76 Å². The molecular formula is C20H17N3O6S. The third-order valence-corrected chi connectivity index (χ3v) is 5.94. The number of nitrogens with one attached hydrogen (secondary N) is 1. The van der Waals surface area contributed by atoms with Gasteiger partial charge in [-0.2, -0.15) is 0 Å². The molecule has 0 spiro atoms. The molecule has 2 amide bonds. The van der Waals surface area contributed by atoms with Crippen LogP contribution >= 0.6 is 11.8 Å². The third-order valence-electron chi connectivity index (χ3n) is 4.63. The molecule has 1 saturated heterocycles. The number of aromatic nitrogens is 1. The van der Waals surface area contributed by atoms with Crippen LogP contribution in [0, 0.1) is 0 Å². The predicted octanol–water partition coefficient (Wildman–Crippen LogP) is 1.79. The molecule has 0 bridgehead atoms. The van der Waals surface area contributed by atoms with Crippen LogP contribution in [0.15, 0.2) is 65.0 Å². The number of allylic oxidation sites excluding steroid dienone is 1. The first-order chi connectivity index (χ1) is 14.5. The van der Waals surface area contributed by atoms with E-state index in [1.807, 2.05) is 0 Å². The van der Waals surface area contributed by atoms with Gasteiger partial charge in [0.1, 0.15) is 35.2 Å². The summed E-state index contributed by atoms with van der Waals surface area (Å²) in [7, 11) is 0. The number of pyridine rings is 1. The maximum Gasteiger partial charge on any atom is 0.352 e. The summed E-state index contributed by atoms with van der Waals surface area (Å²) in [4.78, 5) is 41.7. The Morgan fingerprint density at radius 1 is 1.43 bits per heavy atom. The van der Waals surface area contributed by atoms with Gasteiger partial charge in [0.05, 0.1) is 6.20 Å². The van der Waals surface area contributed by atoms with Gasteiger partial charge in [-0.1, -0.05) is 12.7 Å². The maximum absolute atomic E-state index is 12.5. The van der Waals surface area contributed by atoms with E-state index >= 15 is 0 Å². The number of hydrogen-bond acceptors (Lipinski definition) is 7. The Morgan fingerprint density at radius 2 is 2.27 bits per heavy atom. The lowest BCUT2D eigenvalue weighted by Gasteiger charge is -2.49. The third kappa shape index (κ3) is 3.57. The second kappa shape index (κ2) is 8.07. The molecular weight excluding hydrogens is 410 g/mol. The summed E-state index contributed by atoms with van der Waals surface area (Å²) in [5.74, 6) is -0.812. The van der Waals surface area contributed by atoms with Crippen molar-refractivity contribution in [3.63, 3.8) is 0 Å². The largest absolute Gasteiger partial charge is 0.484 e. The second-order valence-corrected chi connectivity index (χ2v) is 7.59. The highest BCUT2D eigenvalue weighted by molar-refractivity contribution is 8.00. The van der Waals surface area contributed by atoms with Crippen molar-refractivity contribution in [2.75, 3.05) is 5.75 Å². The number of carboxylic acid groups (broad SMARTS) is 1. The zero-order chi connectivity index (χ0) is 21.3. The molecule has 154 valence electrons. The lowest BCUT2D eigenvalue weighted by Crippen LogP contribution is -2.70. The van der Waals surface area contributed by atoms with Crippen molar-refractivity contribution < 1.29 is 28.6 Å². The van der Waals surface area contributed by atoms with Gasteiger partial charge in [-0.25, -0.2) is 4.79 Å². The highest BCUT2D eigenvalue weighted by atomic mass is 32.2. The number of carboxylic acids is 1. The van der Waals surface area contributed by atoms with Gasteiger partial charge in [0.2, 0.25) is 0 Å². The molecule has 2 atom stereocenters. The number of β-lactam (4-membered cyclic amide) rings is 1. The minimum atomic E-state index is -1.20. The van der Waals surface area contributed by atoms with E-state index in [-0.39, 0.29) is 18.1 Å². The summed E-state index contributed by atoms with van der Waals surface area (Å²) in [6.07, 6.45) is 4.62. The molecule has 0 saturated carbocycles. The molecule has 2 aliphatic rings. The van der Waals surface area contributed by atoms with Gasteiger partial charge in [0, 0.05) is 11.9 Å². The van der Waals surface area contributed by atoms with Gasteiger partial charge >= 0.3 is 5.97 Å². The Hall–Kier alpha value is -3.53. The number of carbonyl (C=O) groups is 3. The smallest absolute Gasteiger partial charge is 0.352 e. The van der Waals surface area contributed by atoms with E-state index in [0.29, 0.717) is 22.8 Å². The summed E-state index contributed by atoms with van der Waals surface area (Å²) in [6.45, 7) is 3.72. The number of ether oxygens (including phenoxy) is 1. The molecule has 2 N–H and O–H groups in total. The van der Waals surface area contributed by atoms with Crippen molar-refractivity contribution in [3.8, 4) is 5.75 Å². The molecule has 2 aliphatic heterocycles. The van der Waals surface area contributed by atoms with Crippen LogP contribution in [0.3, 0.4) is 0 Å². The highest BCUT2D eigenvalue weighted by Crippen LogP contribution is 2.40. The molecule has 1 fully saturated rings. The van der Waals surface area contributed by atoms with Crippen molar-refractivity contribution in [1.82, 2.24) is 15.2 Å². The van der Waals surface area contributed by atoms with E-state index in [1.54, 1.807) is 30.6 Å². The average molecular weight is 427 g/mol. The van der Waals surface area contributed by atoms with E-state index in [2.05, 4.69) is 16.9 Å². The van der Waals surface area contributed by atoms with Crippen LogP contribution in [0.5, 0.6) is 5.75 Å². The number of rotatable bonds is 7. The zero-order valence-electron chi connectivity index (χ0n) is 15.6. The SMILES string of the molecule is C=CC1=C(C(=O)O)N2C(=O)[C@@H](NC(=O)c3ccc(COc4cccnc4)o3)[C@H]2SC1. The van der Waals surface area contributed by atoms with Gasteiger partial charge in [-0.3, -0.25) is 19.5 Å². The van der Waals surface area contributed by atoms with Crippen molar-refractivity contribution in [1.29, 1.82) is 0 Å². The van der Waals surface area contributed by atoms with Crippen LogP contribution in [0.25, 0.3) is 0 Å². The lowest BCUT2D eigenvalue weighted by atomic mass is 10.0.